The number of aromatic hydroxyl groups is 3. The number of rotatable bonds is 7. The molecule has 1 saturated heterocycles. The first-order chi connectivity index (χ1) is 33.8. The largest absolute Gasteiger partial charge is 0.507 e. The lowest BCUT2D eigenvalue weighted by Gasteiger charge is -2.38. The number of carbonyl (C=O) groups is 4. The molecule has 0 saturated carbocycles. The van der Waals surface area contributed by atoms with Crippen molar-refractivity contribution < 1.29 is 63.7 Å². The number of hydrogen-bond donors (Lipinski definition) is 7. The van der Waals surface area contributed by atoms with Gasteiger partial charge in [0, 0.05) is 93.0 Å². The summed E-state index contributed by atoms with van der Waals surface area (Å²) in [6, 6.07) is 8.50. The van der Waals surface area contributed by atoms with E-state index in [0.29, 0.717) is 26.2 Å². The Morgan fingerprint density at radius 2 is 1.57 bits per heavy atom. The number of carbonyl (C=O) groups excluding carboxylic acids is 4. The fourth-order valence-electron chi connectivity index (χ4n) is 9.62. The molecule has 4 heterocycles. The molecule has 18 nitrogen and oxygen atoms in total. The first-order valence-corrected chi connectivity index (χ1v) is 24.3. The van der Waals surface area contributed by atoms with E-state index in [1.165, 1.54) is 58.8 Å². The number of aliphatic hydroxyl groups is 2. The highest BCUT2D eigenvalue weighted by Gasteiger charge is 2.50. The van der Waals surface area contributed by atoms with Crippen LogP contribution in [0.4, 0.5) is 11.4 Å². The number of Topliss-reactive ketones (excluding diaryl/α,β-unsaturated/α-hetero) is 1. The molecule has 390 valence electrons. The van der Waals surface area contributed by atoms with Gasteiger partial charge in [-0.3, -0.25) is 24.1 Å². The van der Waals surface area contributed by atoms with E-state index in [-0.39, 0.29) is 45.4 Å². The van der Waals surface area contributed by atoms with Crippen molar-refractivity contribution in [3.05, 3.63) is 82.7 Å². The second-order valence-corrected chi connectivity index (χ2v) is 20.5. The van der Waals surface area contributed by atoms with Crippen LogP contribution in [0.2, 0.25) is 0 Å². The number of phenols is 3. The van der Waals surface area contributed by atoms with Gasteiger partial charge in [0.05, 0.1) is 59.5 Å². The van der Waals surface area contributed by atoms with Crippen molar-refractivity contribution in [3.63, 3.8) is 0 Å². The number of hydrogen-bond acceptors (Lipinski definition) is 16. The van der Waals surface area contributed by atoms with E-state index in [0.717, 1.165) is 11.9 Å². The second kappa shape index (κ2) is 22.1. The van der Waals surface area contributed by atoms with Gasteiger partial charge in [0.25, 0.3) is 17.6 Å². The van der Waals surface area contributed by atoms with Crippen molar-refractivity contribution in [1.82, 2.24) is 10.3 Å². The number of anilines is 2. The third-order valence-corrected chi connectivity index (χ3v) is 14.3. The zero-order valence-electron chi connectivity index (χ0n) is 43.3. The topological polar surface area (TPSA) is 249 Å². The fraction of sp³-hybridized carbons (Fsp3) is 0.500. The molecule has 0 aliphatic carbocycles. The molecule has 0 aromatic heterocycles. The highest BCUT2D eigenvalue weighted by Crippen LogP contribution is 2.55. The van der Waals surface area contributed by atoms with Crippen LogP contribution in [0.1, 0.15) is 96.3 Å². The number of ketones is 1. The van der Waals surface area contributed by atoms with E-state index in [1.54, 1.807) is 39.8 Å². The summed E-state index contributed by atoms with van der Waals surface area (Å²) < 4.78 is 23.7. The summed E-state index contributed by atoms with van der Waals surface area (Å²) in [6.07, 6.45) is 4.28. The van der Waals surface area contributed by atoms with Crippen molar-refractivity contribution in [3.8, 4) is 23.0 Å². The molecule has 3 aromatic rings. The summed E-state index contributed by atoms with van der Waals surface area (Å²) in [6.45, 7) is 21.4. The minimum Gasteiger partial charge on any atom is -0.507 e. The molecule has 1 fully saturated rings. The molecule has 3 aromatic carbocycles. The quantitative estimate of drug-likeness (QED) is 0.0450. The first-order valence-electron chi connectivity index (χ1n) is 24.3. The SMILES string of the molecule is CO[C@H]1/C=C/O[C@@]2(C)Oc3c(C)c(O)c4c(O)c(c(C=NNC(=O)CN5CCN(c6ccc(C(C)(C)C)cc6)CC5)c(O)c4c3C2=O)NC(=O)/C(C)=C\C=C\[C@@H](C)[C@H](O)[C@@H](C)[C@@H](O)[C@@H](C)[C@H](OC(C)=O)[C@@H]1C. The average molecular weight is 998 g/mol. The van der Waals surface area contributed by atoms with Gasteiger partial charge in [0.15, 0.2) is 5.75 Å². The number of piperazine rings is 1. The maximum atomic E-state index is 14.6. The molecular formula is C54H71N5O13. The molecule has 4 aliphatic rings. The number of allylic oxidation sites excluding steroid dienone is 2. The number of aliphatic hydroxyl groups excluding tert-OH is 2. The molecule has 0 unspecified atom stereocenters. The Balaban J connectivity index is 1.37. The summed E-state index contributed by atoms with van der Waals surface area (Å²) in [5, 5.41) is 64.9. The van der Waals surface area contributed by atoms with E-state index < -0.39 is 106 Å². The van der Waals surface area contributed by atoms with Crippen LogP contribution in [0, 0.1) is 30.6 Å². The van der Waals surface area contributed by atoms with Crippen molar-refractivity contribution in [2.75, 3.05) is 50.1 Å². The van der Waals surface area contributed by atoms with Gasteiger partial charge in [-0.1, -0.05) is 78.8 Å². The Hall–Kier alpha value is -6.47. The van der Waals surface area contributed by atoms with Crippen LogP contribution in [0.15, 0.2) is 65.5 Å². The van der Waals surface area contributed by atoms with Crippen LogP contribution in [0.5, 0.6) is 23.0 Å². The Labute approximate surface area is 421 Å². The maximum Gasteiger partial charge on any atom is 0.312 e. The van der Waals surface area contributed by atoms with E-state index in [4.69, 9.17) is 18.9 Å². The van der Waals surface area contributed by atoms with Gasteiger partial charge in [0.1, 0.15) is 23.4 Å². The summed E-state index contributed by atoms with van der Waals surface area (Å²) in [5.41, 5.74) is 3.94. The third-order valence-electron chi connectivity index (χ3n) is 14.3. The molecule has 0 spiro atoms. The molecule has 0 radical (unpaired) electrons. The number of fused-ring (bicyclic) bond motifs is 14. The van der Waals surface area contributed by atoms with Crippen LogP contribution in [0.3, 0.4) is 0 Å². The van der Waals surface area contributed by atoms with Crippen LogP contribution < -0.4 is 20.4 Å². The molecule has 7 N–H and O–H groups in total. The molecule has 5 bridgehead atoms. The number of ether oxygens (including phenoxy) is 4. The lowest BCUT2D eigenvalue weighted by Crippen LogP contribution is -2.49. The zero-order valence-corrected chi connectivity index (χ0v) is 43.3. The lowest BCUT2D eigenvalue weighted by molar-refractivity contribution is -0.160. The van der Waals surface area contributed by atoms with Crippen molar-refractivity contribution in [2.24, 2.45) is 28.8 Å². The summed E-state index contributed by atoms with van der Waals surface area (Å²) >= 11 is 0. The lowest BCUT2D eigenvalue weighted by atomic mass is 9.78. The van der Waals surface area contributed by atoms with E-state index in [9.17, 15) is 44.7 Å². The first kappa shape index (κ1) is 54.9. The number of nitrogens with zero attached hydrogens (tertiary/aromatic N) is 3. The Kier molecular flexibility index (Phi) is 16.8. The highest BCUT2D eigenvalue weighted by atomic mass is 16.7. The number of hydrazone groups is 1. The number of phenolic OH excluding ortho intramolecular Hbond substituents is 3. The van der Waals surface area contributed by atoms with E-state index >= 15 is 0 Å². The Morgan fingerprint density at radius 3 is 2.18 bits per heavy atom. The molecule has 18 heteroatoms. The van der Waals surface area contributed by atoms with Crippen LogP contribution in [-0.4, -0.2) is 130 Å². The number of nitrogens with one attached hydrogen (secondary N) is 2. The van der Waals surface area contributed by atoms with Gasteiger partial charge in [0.2, 0.25) is 0 Å². The predicted octanol–water partition coefficient (Wildman–Crippen LogP) is 6.32. The predicted molar refractivity (Wildman–Crippen MR) is 273 cm³/mol. The number of benzene rings is 3. The van der Waals surface area contributed by atoms with Gasteiger partial charge < -0.3 is 54.7 Å². The molecule has 9 atom stereocenters. The number of esters is 1. The van der Waals surface area contributed by atoms with Crippen molar-refractivity contribution in [1.29, 1.82) is 0 Å². The molecule has 4 aliphatic heterocycles. The monoisotopic (exact) mass is 998 g/mol. The molecule has 7 rings (SSSR count). The number of amides is 2. The van der Waals surface area contributed by atoms with Gasteiger partial charge in [-0.25, -0.2) is 5.43 Å². The summed E-state index contributed by atoms with van der Waals surface area (Å²) in [4.78, 5) is 58.5. The zero-order chi connectivity index (χ0) is 53.1. The Bertz CT molecular complexity index is 2670. The smallest absolute Gasteiger partial charge is 0.312 e. The average Bonchev–Trinajstić information content (AvgIpc) is 3.60. The van der Waals surface area contributed by atoms with E-state index in [2.05, 4.69) is 65.8 Å². The highest BCUT2D eigenvalue weighted by molar-refractivity contribution is 6.24. The second-order valence-electron chi connectivity index (χ2n) is 20.5. The van der Waals surface area contributed by atoms with Gasteiger partial charge >= 0.3 is 11.8 Å². The van der Waals surface area contributed by atoms with Gasteiger partial charge in [-0.2, -0.15) is 5.10 Å². The van der Waals surface area contributed by atoms with Gasteiger partial charge in [-0.15, -0.1) is 0 Å². The van der Waals surface area contributed by atoms with E-state index in [1.807, 2.05) is 4.90 Å². The van der Waals surface area contributed by atoms with Crippen LogP contribution in [0.25, 0.3) is 10.8 Å². The van der Waals surface area contributed by atoms with Crippen molar-refractivity contribution >= 4 is 51.9 Å². The molecule has 2 amide bonds. The fourth-order valence-corrected chi connectivity index (χ4v) is 9.62. The third kappa shape index (κ3) is 11.4. The summed E-state index contributed by atoms with van der Waals surface area (Å²) in [7, 11) is 1.42. The minimum absolute atomic E-state index is 0.000447. The molecule has 72 heavy (non-hydrogen) atoms. The minimum atomic E-state index is -2.12. The number of methoxy groups -OCH3 is 1. The van der Waals surface area contributed by atoms with Gasteiger partial charge in [-0.05, 0) is 43.0 Å². The van der Waals surface area contributed by atoms with Crippen LogP contribution >= 0.6 is 0 Å². The Morgan fingerprint density at radius 1 is 0.917 bits per heavy atom. The maximum absolute atomic E-state index is 14.6. The van der Waals surface area contributed by atoms with Crippen LogP contribution in [-0.2, 0) is 34.0 Å². The standard InChI is InChI=1S/C54H71N5O13/c1-28-14-13-15-29(2)52(68)56-43-37(26-55-57-39(61)27-58-21-23-59(24-22-58)36-18-16-35(17-19-36)53(8,9)10)47(65)40-41(48(43)66)46(64)33(6)50-42(40)51(67)54(11,72-50)70-25-20-38(69-12)30(3)49(71-34(7)60)32(5)45(63)31(4)44(28)62/h13-20,25-26,28,30-32,38,44-45,49,62-66H,21-24,27H2,1-12H3,(H,56,68)(H,57,61)/b14-13+,25-20+,29-15-,55-26?/t28-,30-,31-,32-,38+,44+,45-,49-,54+/m1/s1. The van der Waals surface area contributed by atoms with Crippen molar-refractivity contribution in [2.45, 2.75) is 112 Å². The summed E-state index contributed by atoms with van der Waals surface area (Å²) in [5.74, 6) is -9.60. The molecular weight excluding hydrogens is 927 g/mol. The normalized spacial score (nSPS) is 28.5.